The lowest BCUT2D eigenvalue weighted by atomic mass is 9.98. The molecule has 30 heavy (non-hydrogen) atoms. The maximum absolute atomic E-state index is 13.3. The third kappa shape index (κ3) is 3.73. The van der Waals surface area contributed by atoms with Crippen molar-refractivity contribution in [2.75, 3.05) is 13.2 Å². The molecule has 0 saturated heterocycles. The van der Waals surface area contributed by atoms with Crippen LogP contribution in [0.15, 0.2) is 51.7 Å². The smallest absolute Gasteiger partial charge is 0.290 e. The molecule has 2 heterocycles. The molecule has 1 unspecified atom stereocenters. The van der Waals surface area contributed by atoms with E-state index in [1.165, 1.54) is 0 Å². The van der Waals surface area contributed by atoms with Crippen molar-refractivity contribution in [1.29, 1.82) is 0 Å². The van der Waals surface area contributed by atoms with Gasteiger partial charge in [-0.25, -0.2) is 0 Å². The molecule has 0 aliphatic carbocycles. The molecule has 3 aromatic rings. The Labute approximate surface area is 184 Å². The minimum absolute atomic E-state index is 0.0829. The Hall–Kier alpha value is -2.34. The van der Waals surface area contributed by atoms with Crippen molar-refractivity contribution in [2.45, 2.75) is 32.4 Å². The van der Waals surface area contributed by atoms with Crippen LogP contribution < -0.4 is 5.43 Å². The molecule has 1 amide bonds. The number of benzene rings is 2. The Morgan fingerprint density at radius 1 is 1.10 bits per heavy atom. The van der Waals surface area contributed by atoms with Gasteiger partial charge in [0.2, 0.25) is 5.76 Å². The molecule has 5 nitrogen and oxygen atoms in total. The molecule has 7 heteroatoms. The van der Waals surface area contributed by atoms with E-state index in [-0.39, 0.29) is 23.2 Å². The van der Waals surface area contributed by atoms with Crippen LogP contribution in [-0.2, 0) is 4.74 Å². The molecule has 156 valence electrons. The average molecular weight is 446 g/mol. The van der Waals surface area contributed by atoms with Crippen molar-refractivity contribution in [3.05, 3.63) is 79.6 Å². The number of fused-ring (bicyclic) bond motifs is 2. The normalized spacial score (nSPS) is 16.0. The zero-order chi connectivity index (χ0) is 21.4. The summed E-state index contributed by atoms with van der Waals surface area (Å²) in [6.45, 7) is 4.85. The first-order valence-electron chi connectivity index (χ1n) is 9.81. The molecule has 2 aromatic carbocycles. The number of carbonyl (C=O) groups excluding carboxylic acids is 1. The number of para-hydroxylation sites is 1. The number of hydrogen-bond acceptors (Lipinski definition) is 4. The van der Waals surface area contributed by atoms with Crippen LogP contribution in [0.25, 0.3) is 11.0 Å². The quantitative estimate of drug-likeness (QED) is 0.472. The zero-order valence-corrected chi connectivity index (χ0v) is 18.2. The molecule has 1 atom stereocenters. The fourth-order valence-electron chi connectivity index (χ4n) is 3.78. The van der Waals surface area contributed by atoms with Crippen molar-refractivity contribution in [3.8, 4) is 0 Å². The van der Waals surface area contributed by atoms with E-state index in [1.807, 2.05) is 13.8 Å². The number of carbonyl (C=O) groups is 1. The minimum atomic E-state index is -0.595. The van der Waals surface area contributed by atoms with Gasteiger partial charge in [-0.05, 0) is 50.1 Å². The topological polar surface area (TPSA) is 59.8 Å². The number of ether oxygens (including phenoxy) is 1. The van der Waals surface area contributed by atoms with Crippen molar-refractivity contribution in [1.82, 2.24) is 4.90 Å². The van der Waals surface area contributed by atoms with E-state index in [9.17, 15) is 9.59 Å². The first kappa shape index (κ1) is 20.9. The molecule has 1 aliphatic heterocycles. The van der Waals surface area contributed by atoms with Crippen molar-refractivity contribution < 1.29 is 13.9 Å². The minimum Gasteiger partial charge on any atom is -0.450 e. The molecule has 0 bridgehead atoms. The highest BCUT2D eigenvalue weighted by Crippen LogP contribution is 2.39. The van der Waals surface area contributed by atoms with Crippen molar-refractivity contribution in [2.24, 2.45) is 0 Å². The Morgan fingerprint density at radius 3 is 2.60 bits per heavy atom. The van der Waals surface area contributed by atoms with Crippen LogP contribution in [0, 0.1) is 0 Å². The number of rotatable bonds is 6. The molecule has 0 saturated carbocycles. The summed E-state index contributed by atoms with van der Waals surface area (Å²) in [6, 6.07) is 11.5. The van der Waals surface area contributed by atoms with E-state index in [2.05, 4.69) is 0 Å². The third-order valence-electron chi connectivity index (χ3n) is 5.13. The van der Waals surface area contributed by atoms with Gasteiger partial charge in [0.25, 0.3) is 5.91 Å². The molecule has 1 aliphatic rings. The number of halogens is 2. The molecular formula is C23H21Cl2NO4. The lowest BCUT2D eigenvalue weighted by molar-refractivity contribution is 0.0593. The van der Waals surface area contributed by atoms with Gasteiger partial charge in [-0.1, -0.05) is 41.4 Å². The lowest BCUT2D eigenvalue weighted by Crippen LogP contribution is -2.31. The Balaban J connectivity index is 1.82. The molecule has 0 spiro atoms. The summed E-state index contributed by atoms with van der Waals surface area (Å²) in [5.41, 5.74) is 1.23. The van der Waals surface area contributed by atoms with E-state index in [0.29, 0.717) is 51.7 Å². The summed E-state index contributed by atoms with van der Waals surface area (Å²) in [5, 5.41) is 1.22. The van der Waals surface area contributed by atoms with Gasteiger partial charge in [0.1, 0.15) is 5.58 Å². The fraction of sp³-hybridized carbons (Fsp3) is 0.304. The van der Waals surface area contributed by atoms with Crippen LogP contribution in [0.3, 0.4) is 0 Å². The first-order chi connectivity index (χ1) is 14.4. The molecule has 0 radical (unpaired) electrons. The van der Waals surface area contributed by atoms with E-state index in [0.717, 1.165) is 0 Å². The summed E-state index contributed by atoms with van der Waals surface area (Å²) in [5.74, 6) is -0.229. The van der Waals surface area contributed by atoms with Gasteiger partial charge in [0, 0.05) is 13.2 Å². The van der Waals surface area contributed by atoms with E-state index in [1.54, 1.807) is 47.4 Å². The first-order valence-corrected chi connectivity index (χ1v) is 10.6. The maximum atomic E-state index is 13.3. The highest BCUT2D eigenvalue weighted by atomic mass is 35.5. The summed E-state index contributed by atoms with van der Waals surface area (Å²) in [6.07, 6.45) is 0.736. The molecule has 4 rings (SSSR count). The lowest BCUT2D eigenvalue weighted by Gasteiger charge is -2.25. The Bertz CT molecular complexity index is 1170. The van der Waals surface area contributed by atoms with Crippen LogP contribution in [0.1, 0.15) is 48.0 Å². The van der Waals surface area contributed by atoms with Gasteiger partial charge in [0.15, 0.2) is 5.43 Å². The van der Waals surface area contributed by atoms with Crippen molar-refractivity contribution in [3.63, 3.8) is 0 Å². The van der Waals surface area contributed by atoms with Gasteiger partial charge >= 0.3 is 0 Å². The Kier molecular flexibility index (Phi) is 5.87. The molecule has 0 N–H and O–H groups in total. The number of hydrogen-bond donors (Lipinski definition) is 0. The highest BCUT2D eigenvalue weighted by Gasteiger charge is 2.42. The fourth-order valence-corrected chi connectivity index (χ4v) is 4.09. The molecule has 0 fully saturated rings. The van der Waals surface area contributed by atoms with Crippen LogP contribution >= 0.6 is 23.2 Å². The van der Waals surface area contributed by atoms with Gasteiger partial charge in [-0.2, -0.15) is 0 Å². The predicted octanol–water partition coefficient (Wildman–Crippen LogP) is 5.46. The maximum Gasteiger partial charge on any atom is 0.290 e. The van der Waals surface area contributed by atoms with Crippen LogP contribution in [0.4, 0.5) is 0 Å². The van der Waals surface area contributed by atoms with E-state index >= 15 is 0 Å². The average Bonchev–Trinajstić information content (AvgIpc) is 3.00. The monoisotopic (exact) mass is 445 g/mol. The van der Waals surface area contributed by atoms with Gasteiger partial charge in [-0.3, -0.25) is 9.59 Å². The predicted molar refractivity (Wildman–Crippen MR) is 118 cm³/mol. The molecule has 1 aromatic heterocycles. The number of nitrogens with zero attached hydrogens (tertiary/aromatic N) is 1. The van der Waals surface area contributed by atoms with E-state index < -0.39 is 6.04 Å². The van der Waals surface area contributed by atoms with Gasteiger partial charge in [0.05, 0.1) is 33.1 Å². The van der Waals surface area contributed by atoms with E-state index in [4.69, 9.17) is 32.4 Å². The van der Waals surface area contributed by atoms with Gasteiger partial charge in [-0.15, -0.1) is 0 Å². The highest BCUT2D eigenvalue weighted by molar-refractivity contribution is 6.42. The summed E-state index contributed by atoms with van der Waals surface area (Å²) in [4.78, 5) is 28.2. The summed E-state index contributed by atoms with van der Waals surface area (Å²) < 4.78 is 11.5. The summed E-state index contributed by atoms with van der Waals surface area (Å²) in [7, 11) is 0. The third-order valence-corrected chi connectivity index (χ3v) is 5.87. The Morgan fingerprint density at radius 2 is 1.87 bits per heavy atom. The second-order valence-electron chi connectivity index (χ2n) is 7.52. The molecular weight excluding hydrogens is 425 g/mol. The summed E-state index contributed by atoms with van der Waals surface area (Å²) >= 11 is 12.3. The second kappa shape index (κ2) is 8.42. The largest absolute Gasteiger partial charge is 0.450 e. The SMILES string of the molecule is CC(C)OCCCN1C(=O)c2oc3ccccc3c(=O)c2C1c1ccc(Cl)c(Cl)c1. The second-order valence-corrected chi connectivity index (χ2v) is 8.33. The van der Waals surface area contributed by atoms with Crippen LogP contribution in [0.2, 0.25) is 10.0 Å². The zero-order valence-electron chi connectivity index (χ0n) is 16.7. The number of amides is 1. The van der Waals surface area contributed by atoms with Crippen molar-refractivity contribution >= 4 is 40.1 Å². The van der Waals surface area contributed by atoms with Crippen LogP contribution in [-0.4, -0.2) is 30.1 Å². The standard InChI is InChI=1S/C23H21Cl2NO4/c1-13(2)29-11-5-10-26-20(14-8-9-16(24)17(25)12-14)19-21(27)15-6-3-4-7-18(15)30-22(19)23(26)28/h3-4,6-9,12-13,20H,5,10-11H2,1-2H3. The van der Waals surface area contributed by atoms with Crippen LogP contribution in [0.5, 0.6) is 0 Å². The van der Waals surface area contributed by atoms with Gasteiger partial charge < -0.3 is 14.1 Å².